The summed E-state index contributed by atoms with van der Waals surface area (Å²) in [5.74, 6) is 0. The van der Waals surface area contributed by atoms with Crippen LogP contribution in [-0.2, 0) is 16.6 Å². The van der Waals surface area contributed by atoms with E-state index >= 15 is 0 Å². The lowest BCUT2D eigenvalue weighted by Gasteiger charge is -2.09. The lowest BCUT2D eigenvalue weighted by Crippen LogP contribution is -2.12. The molecule has 0 fully saturated rings. The van der Waals surface area contributed by atoms with Crippen molar-refractivity contribution in [2.75, 3.05) is 5.32 Å². The summed E-state index contributed by atoms with van der Waals surface area (Å²) in [6, 6.07) is 22.0. The van der Waals surface area contributed by atoms with E-state index in [9.17, 15) is 8.42 Å². The monoisotopic (exact) mass is 363 g/mol. The smallest absolute Gasteiger partial charge is 0.269 e. The van der Waals surface area contributed by atoms with Gasteiger partial charge in [-0.25, -0.2) is 17.4 Å². The molecule has 2 aromatic heterocycles. The maximum Gasteiger partial charge on any atom is 0.269 e. The van der Waals surface area contributed by atoms with Crippen molar-refractivity contribution in [3.8, 4) is 0 Å². The van der Waals surface area contributed by atoms with Gasteiger partial charge in [0, 0.05) is 30.0 Å². The maximum absolute atomic E-state index is 12.9. The second kappa shape index (κ2) is 6.65. The van der Waals surface area contributed by atoms with Crippen LogP contribution in [0.2, 0.25) is 0 Å². The number of nitrogens with one attached hydrogen (secondary N) is 1. The number of benzene rings is 2. The van der Waals surface area contributed by atoms with Gasteiger partial charge >= 0.3 is 0 Å². The van der Waals surface area contributed by atoms with E-state index < -0.39 is 10.0 Å². The predicted molar refractivity (Wildman–Crippen MR) is 103 cm³/mol. The van der Waals surface area contributed by atoms with Crippen molar-refractivity contribution in [2.24, 2.45) is 0 Å². The molecule has 5 nitrogen and oxygen atoms in total. The minimum absolute atomic E-state index is 0.238. The first kappa shape index (κ1) is 16.4. The Kier molecular flexibility index (Phi) is 4.18. The summed E-state index contributed by atoms with van der Waals surface area (Å²) >= 11 is 0. The van der Waals surface area contributed by atoms with Crippen LogP contribution in [0, 0.1) is 0 Å². The highest BCUT2D eigenvalue weighted by atomic mass is 32.2. The third kappa shape index (κ3) is 2.95. The molecular weight excluding hydrogens is 346 g/mol. The van der Waals surface area contributed by atoms with Crippen molar-refractivity contribution in [1.82, 2.24) is 8.96 Å². The molecule has 0 aliphatic carbocycles. The first-order chi connectivity index (χ1) is 12.7. The fourth-order valence-corrected chi connectivity index (χ4v) is 4.18. The summed E-state index contributed by atoms with van der Waals surface area (Å²) < 4.78 is 27.0. The van der Waals surface area contributed by atoms with Crippen LogP contribution in [0.3, 0.4) is 0 Å². The van der Waals surface area contributed by atoms with Gasteiger partial charge in [0.05, 0.1) is 4.90 Å². The summed E-state index contributed by atoms with van der Waals surface area (Å²) in [4.78, 5) is 4.53. The molecular formula is C20H17N3O2S. The lowest BCUT2D eigenvalue weighted by atomic mass is 10.2. The van der Waals surface area contributed by atoms with E-state index in [4.69, 9.17) is 0 Å². The van der Waals surface area contributed by atoms with Crippen LogP contribution in [0.1, 0.15) is 5.56 Å². The summed E-state index contributed by atoms with van der Waals surface area (Å²) in [6.45, 7) is 0.649. The fraction of sp³-hybridized carbons (Fsp3) is 0.0500. The van der Waals surface area contributed by atoms with Gasteiger partial charge in [0.15, 0.2) is 5.65 Å². The minimum Gasteiger partial charge on any atom is -0.380 e. The van der Waals surface area contributed by atoms with Crippen LogP contribution in [0.4, 0.5) is 5.69 Å². The van der Waals surface area contributed by atoms with Crippen LogP contribution in [-0.4, -0.2) is 17.4 Å². The fourth-order valence-electron chi connectivity index (χ4n) is 2.86. The average molecular weight is 363 g/mol. The van der Waals surface area contributed by atoms with Crippen molar-refractivity contribution < 1.29 is 8.42 Å². The van der Waals surface area contributed by atoms with Gasteiger partial charge < -0.3 is 5.32 Å². The second-order valence-corrected chi connectivity index (χ2v) is 7.68. The van der Waals surface area contributed by atoms with Crippen molar-refractivity contribution >= 4 is 26.7 Å². The second-order valence-electron chi connectivity index (χ2n) is 5.86. The number of hydrogen-bond acceptors (Lipinski definition) is 4. The first-order valence-electron chi connectivity index (χ1n) is 8.21. The molecule has 0 unspecified atom stereocenters. The van der Waals surface area contributed by atoms with Crippen LogP contribution in [0.5, 0.6) is 0 Å². The first-order valence-corrected chi connectivity index (χ1v) is 9.65. The van der Waals surface area contributed by atoms with Crippen LogP contribution in [0.15, 0.2) is 90.1 Å². The van der Waals surface area contributed by atoms with Crippen molar-refractivity contribution in [1.29, 1.82) is 0 Å². The Morgan fingerprint density at radius 3 is 2.31 bits per heavy atom. The quantitative estimate of drug-likeness (QED) is 0.584. The van der Waals surface area contributed by atoms with E-state index in [0.29, 0.717) is 12.2 Å². The van der Waals surface area contributed by atoms with Gasteiger partial charge in [0.1, 0.15) is 0 Å². The zero-order valence-corrected chi connectivity index (χ0v) is 14.7. The summed E-state index contributed by atoms with van der Waals surface area (Å²) in [7, 11) is -3.68. The van der Waals surface area contributed by atoms with Crippen molar-refractivity contribution in [3.63, 3.8) is 0 Å². The van der Waals surface area contributed by atoms with E-state index in [2.05, 4.69) is 10.3 Å². The maximum atomic E-state index is 12.9. The molecule has 130 valence electrons. The largest absolute Gasteiger partial charge is 0.380 e. The van der Waals surface area contributed by atoms with Gasteiger partial charge in [-0.3, -0.25) is 0 Å². The van der Waals surface area contributed by atoms with E-state index in [-0.39, 0.29) is 4.90 Å². The molecule has 0 bridgehead atoms. The van der Waals surface area contributed by atoms with Crippen LogP contribution < -0.4 is 5.32 Å². The van der Waals surface area contributed by atoms with Crippen molar-refractivity contribution in [2.45, 2.75) is 11.4 Å². The molecule has 0 spiro atoms. The SMILES string of the molecule is O=S(=O)(c1ccccc1)n1ccc2c(NCc3ccccc3)ccnc21. The van der Waals surface area contributed by atoms with E-state index in [1.807, 2.05) is 36.4 Å². The third-order valence-corrected chi connectivity index (χ3v) is 5.86. The van der Waals surface area contributed by atoms with Crippen molar-refractivity contribution in [3.05, 3.63) is 90.8 Å². The number of nitrogens with zero attached hydrogens (tertiary/aromatic N) is 2. The molecule has 0 saturated heterocycles. The van der Waals surface area contributed by atoms with Gasteiger partial charge in [-0.15, -0.1) is 0 Å². The summed E-state index contributed by atoms with van der Waals surface area (Å²) in [6.07, 6.45) is 3.17. The predicted octanol–water partition coefficient (Wildman–Crippen LogP) is 3.89. The Morgan fingerprint density at radius 1 is 0.885 bits per heavy atom. The molecule has 0 radical (unpaired) electrons. The minimum atomic E-state index is -3.68. The zero-order chi connectivity index (χ0) is 18.0. The highest BCUT2D eigenvalue weighted by molar-refractivity contribution is 7.90. The molecule has 0 atom stereocenters. The van der Waals surface area contributed by atoms with E-state index in [1.165, 1.54) is 3.97 Å². The molecule has 0 aliphatic rings. The van der Waals surface area contributed by atoms with Gasteiger partial charge in [-0.1, -0.05) is 48.5 Å². The number of anilines is 1. The Bertz CT molecular complexity index is 1140. The molecule has 1 N–H and O–H groups in total. The number of rotatable bonds is 5. The third-order valence-electron chi connectivity index (χ3n) is 4.18. The topological polar surface area (TPSA) is 64.0 Å². The van der Waals surface area contributed by atoms with Crippen LogP contribution >= 0.6 is 0 Å². The molecule has 4 aromatic rings. The van der Waals surface area contributed by atoms with Gasteiger partial charge in [-0.05, 0) is 29.8 Å². The van der Waals surface area contributed by atoms with Gasteiger partial charge in [0.25, 0.3) is 10.0 Å². The van der Waals surface area contributed by atoms with E-state index in [1.54, 1.807) is 48.8 Å². The highest BCUT2D eigenvalue weighted by Crippen LogP contribution is 2.26. The zero-order valence-electron chi connectivity index (χ0n) is 13.9. The molecule has 2 aromatic carbocycles. The highest BCUT2D eigenvalue weighted by Gasteiger charge is 2.20. The number of aromatic nitrogens is 2. The molecule has 6 heteroatoms. The molecule has 2 heterocycles. The standard InChI is InChI=1S/C20H17N3O2S/c24-26(25,17-9-5-2-6-10-17)23-14-12-18-19(11-13-21-20(18)23)22-15-16-7-3-1-4-8-16/h1-14H,15H2,(H,21,22). The van der Waals surface area contributed by atoms with Gasteiger partial charge in [-0.2, -0.15) is 0 Å². The van der Waals surface area contributed by atoms with Gasteiger partial charge in [0.2, 0.25) is 0 Å². The molecule has 0 saturated carbocycles. The Hall–Kier alpha value is -3.12. The molecule has 0 aliphatic heterocycles. The molecule has 26 heavy (non-hydrogen) atoms. The number of fused-ring (bicyclic) bond motifs is 1. The summed E-state index contributed by atoms with van der Waals surface area (Å²) in [5.41, 5.74) is 2.40. The lowest BCUT2D eigenvalue weighted by molar-refractivity contribution is 0.589. The Morgan fingerprint density at radius 2 is 1.58 bits per heavy atom. The summed E-state index contributed by atoms with van der Waals surface area (Å²) in [5, 5.41) is 4.13. The number of hydrogen-bond donors (Lipinski definition) is 1. The Labute approximate surface area is 152 Å². The molecule has 4 rings (SSSR count). The Balaban J connectivity index is 1.72. The van der Waals surface area contributed by atoms with E-state index in [0.717, 1.165) is 16.6 Å². The normalized spacial score (nSPS) is 11.5. The number of pyridine rings is 1. The average Bonchev–Trinajstić information content (AvgIpc) is 3.13. The van der Waals surface area contributed by atoms with Crippen LogP contribution in [0.25, 0.3) is 11.0 Å². The molecule has 0 amide bonds.